The van der Waals surface area contributed by atoms with Crippen molar-refractivity contribution < 1.29 is 41.8 Å². The standard InChI is InChI=1S/C39H42N4O9S/c1-53(48,49)42-21-24(22-42)23-51-29-7-2-25(3-8-29)39(14-16-50-17-15-39)26-4-9-30(10-5-26)52-31-18-28(19-31)40-27-6-11-32-33(20-27)38(47)43(37(32)46)34-12-13-35(44)41-36(34)45/h2-11,20,24,28,31,34,40H,12-19,21-23H2,1H3,(H,41,44,45). The lowest BCUT2D eigenvalue weighted by Gasteiger charge is -2.39. The van der Waals surface area contributed by atoms with Crippen molar-refractivity contribution in [1.82, 2.24) is 14.5 Å². The molecule has 3 aromatic rings. The van der Waals surface area contributed by atoms with Gasteiger partial charge in [0.15, 0.2) is 0 Å². The van der Waals surface area contributed by atoms with Gasteiger partial charge in [-0.05, 0) is 72.9 Å². The smallest absolute Gasteiger partial charge is 0.262 e. The van der Waals surface area contributed by atoms with E-state index < -0.39 is 39.7 Å². The van der Waals surface area contributed by atoms with Gasteiger partial charge in [-0.15, -0.1) is 0 Å². The van der Waals surface area contributed by atoms with Crippen molar-refractivity contribution in [1.29, 1.82) is 0 Å². The van der Waals surface area contributed by atoms with Crippen LogP contribution in [0.25, 0.3) is 0 Å². The van der Waals surface area contributed by atoms with Gasteiger partial charge >= 0.3 is 0 Å². The van der Waals surface area contributed by atoms with Crippen molar-refractivity contribution in [2.24, 2.45) is 5.92 Å². The molecule has 1 saturated carbocycles. The van der Waals surface area contributed by atoms with Gasteiger partial charge in [0.2, 0.25) is 21.8 Å². The Morgan fingerprint density at radius 2 is 1.51 bits per heavy atom. The molecule has 1 atom stereocenters. The highest BCUT2D eigenvalue weighted by Gasteiger charge is 2.45. The number of carbonyl (C=O) groups excluding carboxylic acids is 4. The molecule has 3 saturated heterocycles. The third-order valence-corrected chi connectivity index (χ3v) is 12.5. The number of hydrogen-bond acceptors (Lipinski definition) is 10. The van der Waals surface area contributed by atoms with Crippen LogP contribution in [0.3, 0.4) is 0 Å². The lowest BCUT2D eigenvalue weighted by atomic mass is 9.69. The van der Waals surface area contributed by atoms with Crippen LogP contribution in [0.15, 0.2) is 66.7 Å². The maximum absolute atomic E-state index is 13.2. The fourth-order valence-corrected chi connectivity index (χ4v) is 9.03. The van der Waals surface area contributed by atoms with E-state index in [1.807, 2.05) is 24.3 Å². The summed E-state index contributed by atoms with van der Waals surface area (Å²) in [5.41, 5.74) is 3.41. The molecule has 4 aliphatic heterocycles. The zero-order valence-corrected chi connectivity index (χ0v) is 30.2. The van der Waals surface area contributed by atoms with Gasteiger partial charge in [0.1, 0.15) is 23.6 Å². The monoisotopic (exact) mass is 742 g/mol. The molecular formula is C39H42N4O9S. The Labute approximate surface area is 308 Å². The largest absolute Gasteiger partial charge is 0.493 e. The van der Waals surface area contributed by atoms with Gasteiger partial charge in [0.25, 0.3) is 11.8 Å². The molecule has 5 aliphatic rings. The maximum atomic E-state index is 13.2. The van der Waals surface area contributed by atoms with E-state index in [0.29, 0.717) is 38.6 Å². The molecule has 4 heterocycles. The number of anilines is 1. The normalized spacial score (nSPS) is 24.5. The van der Waals surface area contributed by atoms with Crippen LogP contribution >= 0.6 is 0 Å². The molecular weight excluding hydrogens is 701 g/mol. The summed E-state index contributed by atoms with van der Waals surface area (Å²) in [5, 5.41) is 5.66. The van der Waals surface area contributed by atoms with Gasteiger partial charge in [0.05, 0.1) is 24.0 Å². The van der Waals surface area contributed by atoms with Gasteiger partial charge in [0, 0.05) is 68.6 Å². The molecule has 0 spiro atoms. The van der Waals surface area contributed by atoms with Gasteiger partial charge < -0.3 is 19.5 Å². The van der Waals surface area contributed by atoms with Crippen LogP contribution in [0.2, 0.25) is 0 Å². The first kappa shape index (κ1) is 35.3. The number of ether oxygens (including phenoxy) is 3. The van der Waals surface area contributed by atoms with Gasteiger partial charge in [-0.1, -0.05) is 24.3 Å². The Hall–Kier alpha value is -4.79. The summed E-state index contributed by atoms with van der Waals surface area (Å²) in [6, 6.07) is 20.8. The average molecular weight is 743 g/mol. The Balaban J connectivity index is 0.851. The number of piperidine rings is 1. The van der Waals surface area contributed by atoms with Gasteiger partial charge in [-0.2, -0.15) is 0 Å². The number of nitrogens with zero attached hydrogens (tertiary/aromatic N) is 2. The molecule has 4 fully saturated rings. The summed E-state index contributed by atoms with van der Waals surface area (Å²) in [4.78, 5) is 51.1. The lowest BCUT2D eigenvalue weighted by Crippen LogP contribution is -2.54. The minimum Gasteiger partial charge on any atom is -0.493 e. The van der Waals surface area contributed by atoms with Crippen molar-refractivity contribution in [3.63, 3.8) is 0 Å². The molecule has 53 heavy (non-hydrogen) atoms. The Morgan fingerprint density at radius 3 is 2.15 bits per heavy atom. The highest BCUT2D eigenvalue weighted by atomic mass is 32.2. The van der Waals surface area contributed by atoms with E-state index in [1.54, 1.807) is 18.2 Å². The number of nitrogens with one attached hydrogen (secondary N) is 2. The predicted octanol–water partition coefficient (Wildman–Crippen LogP) is 3.48. The first-order chi connectivity index (χ1) is 25.5. The van der Waals surface area contributed by atoms with Crippen LogP contribution in [0, 0.1) is 5.92 Å². The van der Waals surface area contributed by atoms with E-state index in [-0.39, 0.29) is 47.4 Å². The van der Waals surface area contributed by atoms with E-state index in [2.05, 4.69) is 34.9 Å². The minimum absolute atomic E-state index is 0.0259. The number of rotatable bonds is 11. The summed E-state index contributed by atoms with van der Waals surface area (Å²) in [6.45, 7) is 2.80. The van der Waals surface area contributed by atoms with Crippen molar-refractivity contribution >= 4 is 39.3 Å². The van der Waals surface area contributed by atoms with Crippen molar-refractivity contribution in [3.05, 3.63) is 89.0 Å². The van der Waals surface area contributed by atoms with Gasteiger partial charge in [-0.25, -0.2) is 12.7 Å². The number of amides is 4. The maximum Gasteiger partial charge on any atom is 0.262 e. The molecule has 13 nitrogen and oxygen atoms in total. The molecule has 0 aromatic heterocycles. The second-order valence-electron chi connectivity index (χ2n) is 14.8. The molecule has 278 valence electrons. The van der Waals surface area contributed by atoms with E-state index in [1.165, 1.54) is 21.7 Å². The minimum atomic E-state index is -3.14. The second-order valence-corrected chi connectivity index (χ2v) is 16.7. The van der Waals surface area contributed by atoms with E-state index in [9.17, 15) is 27.6 Å². The summed E-state index contributed by atoms with van der Waals surface area (Å²) in [7, 11) is -3.14. The Morgan fingerprint density at radius 1 is 0.868 bits per heavy atom. The summed E-state index contributed by atoms with van der Waals surface area (Å²) >= 11 is 0. The first-order valence-corrected chi connectivity index (χ1v) is 20.0. The second kappa shape index (κ2) is 13.9. The van der Waals surface area contributed by atoms with Crippen LogP contribution in [-0.4, -0.2) is 98.6 Å². The Bertz CT molecular complexity index is 2040. The highest BCUT2D eigenvalue weighted by Crippen LogP contribution is 2.43. The third-order valence-electron chi connectivity index (χ3n) is 11.2. The van der Waals surface area contributed by atoms with Crippen LogP contribution in [-0.2, 0) is 29.8 Å². The number of fused-ring (bicyclic) bond motifs is 1. The summed E-state index contributed by atoms with van der Waals surface area (Å²) in [5.74, 6) is -0.327. The molecule has 2 N–H and O–H groups in total. The topological polar surface area (TPSA) is 161 Å². The molecule has 4 amide bonds. The molecule has 3 aromatic carbocycles. The summed E-state index contributed by atoms with van der Waals surface area (Å²) in [6.07, 6.45) is 4.68. The number of sulfonamides is 1. The SMILES string of the molecule is CS(=O)(=O)N1CC(COc2ccc(C3(c4ccc(OC5CC(Nc6ccc7c(c6)C(=O)N(C6CCC(=O)NC6=O)C7=O)C5)cc4)CCOCC3)cc2)C1. The van der Waals surface area contributed by atoms with Crippen LogP contribution < -0.4 is 20.1 Å². The molecule has 1 aliphatic carbocycles. The lowest BCUT2D eigenvalue weighted by molar-refractivity contribution is -0.136. The number of imide groups is 2. The molecule has 1 unspecified atom stereocenters. The Kier molecular flexibility index (Phi) is 9.23. The molecule has 0 bridgehead atoms. The van der Waals surface area contributed by atoms with Crippen molar-refractivity contribution in [2.45, 2.75) is 62.1 Å². The van der Waals surface area contributed by atoms with Crippen LogP contribution in [0.4, 0.5) is 5.69 Å². The highest BCUT2D eigenvalue weighted by molar-refractivity contribution is 7.88. The molecule has 8 rings (SSSR count). The number of benzene rings is 3. The number of hydrogen-bond donors (Lipinski definition) is 2. The van der Waals surface area contributed by atoms with Crippen molar-refractivity contribution in [2.75, 3.05) is 44.5 Å². The fraction of sp³-hybridized carbons (Fsp3) is 0.436. The molecule has 0 radical (unpaired) electrons. The summed E-state index contributed by atoms with van der Waals surface area (Å²) < 4.78 is 42.9. The molecule has 14 heteroatoms. The van der Waals surface area contributed by atoms with E-state index in [4.69, 9.17) is 14.2 Å². The number of carbonyl (C=O) groups is 4. The van der Waals surface area contributed by atoms with E-state index >= 15 is 0 Å². The third kappa shape index (κ3) is 6.91. The van der Waals surface area contributed by atoms with Crippen LogP contribution in [0.5, 0.6) is 11.5 Å². The fourth-order valence-electron chi connectivity index (χ4n) is 8.07. The zero-order chi connectivity index (χ0) is 36.9. The zero-order valence-electron chi connectivity index (χ0n) is 29.4. The van der Waals surface area contributed by atoms with Gasteiger partial charge in [-0.3, -0.25) is 29.4 Å². The predicted molar refractivity (Wildman–Crippen MR) is 193 cm³/mol. The van der Waals surface area contributed by atoms with Crippen LogP contribution in [0.1, 0.15) is 70.4 Å². The van der Waals surface area contributed by atoms with E-state index in [0.717, 1.165) is 42.1 Å². The first-order valence-electron chi connectivity index (χ1n) is 18.1. The van der Waals surface area contributed by atoms with Crippen molar-refractivity contribution in [3.8, 4) is 11.5 Å². The average Bonchev–Trinajstić information content (AvgIpc) is 3.35. The quantitative estimate of drug-likeness (QED) is 0.279.